The highest BCUT2D eigenvalue weighted by Crippen LogP contribution is 2.35. The molecule has 0 heterocycles. The van der Waals surface area contributed by atoms with Gasteiger partial charge < -0.3 is 5.32 Å². The van der Waals surface area contributed by atoms with Crippen LogP contribution in [-0.4, -0.2) is 36.6 Å². The third-order valence-corrected chi connectivity index (χ3v) is 6.20. The van der Waals surface area contributed by atoms with Crippen LogP contribution in [0.2, 0.25) is 0 Å². The molecule has 0 amide bonds. The number of rotatable bonds is 6. The monoisotopic (exact) mass is 294 g/mol. The van der Waals surface area contributed by atoms with Crippen LogP contribution in [0.15, 0.2) is 0 Å². The lowest BCUT2D eigenvalue weighted by atomic mass is 9.77. The van der Waals surface area contributed by atoms with Crippen molar-refractivity contribution < 1.29 is 0 Å². The van der Waals surface area contributed by atoms with E-state index >= 15 is 0 Å². The van der Waals surface area contributed by atoms with Crippen LogP contribution in [0.3, 0.4) is 0 Å². The van der Waals surface area contributed by atoms with E-state index in [1.165, 1.54) is 57.8 Å². The zero-order chi connectivity index (χ0) is 15.2. The first-order chi connectivity index (χ1) is 10.2. The highest BCUT2D eigenvalue weighted by Gasteiger charge is 2.36. The summed E-state index contributed by atoms with van der Waals surface area (Å²) in [7, 11) is 2.43. The predicted octanol–water partition coefficient (Wildman–Crippen LogP) is 4.44. The largest absolute Gasteiger partial charge is 0.313 e. The van der Waals surface area contributed by atoms with Gasteiger partial charge in [0.15, 0.2) is 0 Å². The van der Waals surface area contributed by atoms with Crippen LogP contribution in [0.1, 0.15) is 78.6 Å². The molecule has 0 radical (unpaired) electrons. The second kappa shape index (κ2) is 8.53. The van der Waals surface area contributed by atoms with Gasteiger partial charge in [0.1, 0.15) is 0 Å². The van der Waals surface area contributed by atoms with Crippen LogP contribution in [-0.2, 0) is 0 Å². The maximum atomic E-state index is 3.79. The summed E-state index contributed by atoms with van der Waals surface area (Å²) >= 11 is 0. The molecule has 0 aliphatic heterocycles. The third kappa shape index (κ3) is 4.45. The molecule has 0 saturated heterocycles. The maximum Gasteiger partial charge on any atom is 0.0251 e. The van der Waals surface area contributed by atoms with Crippen LogP contribution in [0.4, 0.5) is 0 Å². The van der Waals surface area contributed by atoms with E-state index in [0.717, 1.165) is 36.5 Å². The molecular formula is C19H38N2. The van der Waals surface area contributed by atoms with Crippen molar-refractivity contribution in [1.29, 1.82) is 0 Å². The average Bonchev–Trinajstić information content (AvgIpc) is 2.49. The maximum absolute atomic E-state index is 3.79. The Bertz CT molecular complexity index is 291. The molecule has 0 aromatic carbocycles. The number of nitrogens with zero attached hydrogens (tertiary/aromatic N) is 1. The van der Waals surface area contributed by atoms with Gasteiger partial charge in [-0.05, 0) is 57.5 Å². The summed E-state index contributed by atoms with van der Waals surface area (Å²) < 4.78 is 0. The number of hydrogen-bond acceptors (Lipinski definition) is 2. The zero-order valence-corrected chi connectivity index (χ0v) is 14.9. The van der Waals surface area contributed by atoms with Gasteiger partial charge in [0.05, 0.1) is 0 Å². The van der Waals surface area contributed by atoms with E-state index in [4.69, 9.17) is 0 Å². The second-order valence-electron chi connectivity index (χ2n) is 7.69. The molecule has 0 bridgehead atoms. The molecule has 2 aliphatic carbocycles. The Morgan fingerprint density at radius 1 is 1.00 bits per heavy atom. The lowest BCUT2D eigenvalue weighted by Crippen LogP contribution is -2.56. The first-order valence-corrected chi connectivity index (χ1v) is 9.62. The quantitative estimate of drug-likeness (QED) is 0.779. The molecule has 2 nitrogen and oxygen atoms in total. The van der Waals surface area contributed by atoms with Gasteiger partial charge in [0.25, 0.3) is 0 Å². The van der Waals surface area contributed by atoms with Crippen LogP contribution >= 0.6 is 0 Å². The fourth-order valence-electron chi connectivity index (χ4n) is 5.00. The van der Waals surface area contributed by atoms with Crippen molar-refractivity contribution in [3.8, 4) is 0 Å². The summed E-state index contributed by atoms with van der Waals surface area (Å²) in [4.78, 5) is 2.79. The minimum Gasteiger partial charge on any atom is -0.313 e. The lowest BCUT2D eigenvalue weighted by molar-refractivity contribution is 0.0432. The van der Waals surface area contributed by atoms with Gasteiger partial charge in [-0.15, -0.1) is 0 Å². The van der Waals surface area contributed by atoms with Crippen molar-refractivity contribution in [3.63, 3.8) is 0 Å². The molecule has 2 aliphatic rings. The molecule has 0 aromatic heterocycles. The Balaban J connectivity index is 2.02. The van der Waals surface area contributed by atoms with Gasteiger partial charge in [0, 0.05) is 18.1 Å². The average molecular weight is 295 g/mol. The van der Waals surface area contributed by atoms with Gasteiger partial charge >= 0.3 is 0 Å². The molecule has 2 rings (SSSR count). The molecule has 2 saturated carbocycles. The molecular weight excluding hydrogens is 256 g/mol. The van der Waals surface area contributed by atoms with Crippen LogP contribution in [0.5, 0.6) is 0 Å². The molecule has 124 valence electrons. The standard InChI is InChI=1S/C19H38N2/c1-5-9-16-12-13-17(20-6-2)19(14-16)21(4)18-11-8-7-10-15(18)3/h15-20H,5-14H2,1-4H3. The normalized spacial score (nSPS) is 37.9. The summed E-state index contributed by atoms with van der Waals surface area (Å²) in [6, 6.07) is 2.31. The Hall–Kier alpha value is -0.0800. The van der Waals surface area contributed by atoms with E-state index in [2.05, 4.69) is 38.0 Å². The molecule has 5 unspecified atom stereocenters. The van der Waals surface area contributed by atoms with Crippen molar-refractivity contribution in [3.05, 3.63) is 0 Å². The fourth-order valence-corrected chi connectivity index (χ4v) is 5.00. The minimum absolute atomic E-state index is 0.724. The van der Waals surface area contributed by atoms with Crippen molar-refractivity contribution >= 4 is 0 Å². The molecule has 2 fully saturated rings. The smallest absolute Gasteiger partial charge is 0.0251 e. The SMILES string of the molecule is CCCC1CCC(NCC)C(N(C)C2CCCCC2C)C1. The highest BCUT2D eigenvalue weighted by molar-refractivity contribution is 4.93. The lowest BCUT2D eigenvalue weighted by Gasteiger charge is -2.47. The van der Waals surface area contributed by atoms with Crippen molar-refractivity contribution in [2.45, 2.75) is 96.7 Å². The summed E-state index contributed by atoms with van der Waals surface area (Å²) in [6.45, 7) is 8.21. The fraction of sp³-hybridized carbons (Fsp3) is 1.00. The Kier molecular flexibility index (Phi) is 7.01. The second-order valence-corrected chi connectivity index (χ2v) is 7.69. The van der Waals surface area contributed by atoms with Crippen LogP contribution in [0, 0.1) is 11.8 Å². The van der Waals surface area contributed by atoms with Gasteiger partial charge in [-0.2, -0.15) is 0 Å². The molecule has 0 spiro atoms. The molecule has 2 heteroatoms. The van der Waals surface area contributed by atoms with E-state index in [0.29, 0.717) is 0 Å². The van der Waals surface area contributed by atoms with Gasteiger partial charge in [-0.1, -0.05) is 46.5 Å². The van der Waals surface area contributed by atoms with E-state index in [1.54, 1.807) is 0 Å². The van der Waals surface area contributed by atoms with Crippen LogP contribution in [0.25, 0.3) is 0 Å². The van der Waals surface area contributed by atoms with Crippen molar-refractivity contribution in [2.24, 2.45) is 11.8 Å². The van der Waals surface area contributed by atoms with E-state index in [-0.39, 0.29) is 0 Å². The third-order valence-electron chi connectivity index (χ3n) is 6.20. The van der Waals surface area contributed by atoms with Gasteiger partial charge in [-0.3, -0.25) is 4.90 Å². The number of nitrogens with one attached hydrogen (secondary N) is 1. The summed E-state index contributed by atoms with van der Waals surface area (Å²) in [5.41, 5.74) is 0. The zero-order valence-electron chi connectivity index (χ0n) is 14.9. The van der Waals surface area contributed by atoms with Crippen molar-refractivity contribution in [1.82, 2.24) is 10.2 Å². The number of hydrogen-bond donors (Lipinski definition) is 1. The van der Waals surface area contributed by atoms with E-state index in [1.807, 2.05) is 0 Å². The Labute approximate surface area is 133 Å². The minimum atomic E-state index is 0.724. The van der Waals surface area contributed by atoms with E-state index in [9.17, 15) is 0 Å². The first kappa shape index (κ1) is 17.3. The molecule has 21 heavy (non-hydrogen) atoms. The molecule has 0 aromatic rings. The Morgan fingerprint density at radius 3 is 2.43 bits per heavy atom. The predicted molar refractivity (Wildman–Crippen MR) is 92.7 cm³/mol. The van der Waals surface area contributed by atoms with Gasteiger partial charge in [0.2, 0.25) is 0 Å². The van der Waals surface area contributed by atoms with Crippen LogP contribution < -0.4 is 5.32 Å². The topological polar surface area (TPSA) is 15.3 Å². The summed E-state index contributed by atoms with van der Waals surface area (Å²) in [5.74, 6) is 1.86. The van der Waals surface area contributed by atoms with Gasteiger partial charge in [-0.25, -0.2) is 0 Å². The molecule has 1 N–H and O–H groups in total. The summed E-state index contributed by atoms with van der Waals surface area (Å²) in [6.07, 6.45) is 12.8. The highest BCUT2D eigenvalue weighted by atomic mass is 15.2. The number of likely N-dealkylation sites (N-methyl/N-ethyl adjacent to an activating group) is 2. The summed E-state index contributed by atoms with van der Waals surface area (Å²) in [5, 5.41) is 3.79. The van der Waals surface area contributed by atoms with E-state index < -0.39 is 0 Å². The molecule has 5 atom stereocenters. The van der Waals surface area contributed by atoms with Crippen molar-refractivity contribution in [2.75, 3.05) is 13.6 Å². The Morgan fingerprint density at radius 2 is 1.76 bits per heavy atom. The first-order valence-electron chi connectivity index (χ1n) is 9.62.